The van der Waals surface area contributed by atoms with E-state index >= 15 is 0 Å². The van der Waals surface area contributed by atoms with Crippen molar-refractivity contribution in [2.45, 2.75) is 157 Å². The van der Waals surface area contributed by atoms with Gasteiger partial charge in [0.2, 0.25) is 11.0 Å². The molecule has 0 aliphatic rings. The van der Waals surface area contributed by atoms with Crippen LogP contribution in [0.5, 0.6) is 0 Å². The summed E-state index contributed by atoms with van der Waals surface area (Å²) in [5.41, 5.74) is 6.10. The Balaban J connectivity index is 2.74. The fourth-order valence-corrected chi connectivity index (χ4v) is 8.51. The zero-order valence-electron chi connectivity index (χ0n) is 30.1. The van der Waals surface area contributed by atoms with Gasteiger partial charge in [-0.05, 0) is 93.6 Å². The summed E-state index contributed by atoms with van der Waals surface area (Å²) in [5, 5.41) is 2.11. The van der Waals surface area contributed by atoms with E-state index < -0.39 is 0 Å². The molecule has 234 valence electrons. The standard InChI is InChI=1S/C38H60O2P2/c1-33(2,3)23-19-25(35(7,8)9)29(26(20-23)36(10,11)12)41-31(39)32(40)42-30-27(37(13,14)15)21-24(34(4,5)6)22-28(30)38(16,17)18/h19-22,41-42H,1-18H3. The second-order valence-corrected chi connectivity index (χ2v) is 20.7. The minimum atomic E-state index is -0.257. The molecule has 0 aliphatic heterocycles. The van der Waals surface area contributed by atoms with Gasteiger partial charge in [0.15, 0.2) is 0 Å². The summed E-state index contributed by atoms with van der Waals surface area (Å²) >= 11 is 0. The van der Waals surface area contributed by atoms with E-state index in [1.807, 2.05) is 0 Å². The molecule has 2 aromatic carbocycles. The average Bonchev–Trinajstić information content (AvgIpc) is 2.74. The highest BCUT2D eigenvalue weighted by molar-refractivity contribution is 7.80. The summed E-state index contributed by atoms with van der Waals surface area (Å²) in [4.78, 5) is 27.9. The van der Waals surface area contributed by atoms with Gasteiger partial charge >= 0.3 is 0 Å². The zero-order chi connectivity index (χ0) is 33.0. The smallest absolute Gasteiger partial charge is 0.225 e. The SMILES string of the molecule is CC(C)(C)c1cc(C(C)(C)C)c(PC(=O)C(=O)Pc2c(C(C)(C)C)cc(C(C)(C)C)cc2C(C)(C)C)c(C(C)(C)C)c1. The number of carbonyl (C=O) groups is 2. The van der Waals surface area contributed by atoms with Gasteiger partial charge in [0.1, 0.15) is 0 Å². The van der Waals surface area contributed by atoms with Crippen molar-refractivity contribution in [3.63, 3.8) is 0 Å². The highest BCUT2D eigenvalue weighted by atomic mass is 31.1. The van der Waals surface area contributed by atoms with E-state index in [2.05, 4.69) is 149 Å². The van der Waals surface area contributed by atoms with E-state index in [1.165, 1.54) is 33.4 Å². The molecule has 2 rings (SSSR count). The number of carbonyl (C=O) groups excluding carboxylic acids is 2. The first kappa shape index (κ1) is 36.8. The third kappa shape index (κ3) is 8.85. The third-order valence-electron chi connectivity index (χ3n) is 7.92. The molecule has 2 atom stereocenters. The lowest BCUT2D eigenvalue weighted by Crippen LogP contribution is -2.32. The fraction of sp³-hybridized carbons (Fsp3) is 0.632. The molecule has 0 spiro atoms. The highest BCUT2D eigenvalue weighted by Gasteiger charge is 2.34. The normalized spacial score (nSPS) is 14.4. The molecule has 4 heteroatoms. The van der Waals surface area contributed by atoms with Crippen LogP contribution in [0.4, 0.5) is 0 Å². The molecule has 2 nitrogen and oxygen atoms in total. The quantitative estimate of drug-likeness (QED) is 0.249. The Labute approximate surface area is 262 Å². The van der Waals surface area contributed by atoms with Gasteiger partial charge in [-0.1, -0.05) is 149 Å². The first-order valence-corrected chi connectivity index (χ1v) is 17.5. The van der Waals surface area contributed by atoms with Crippen LogP contribution in [0.1, 0.15) is 158 Å². The van der Waals surface area contributed by atoms with Gasteiger partial charge in [0.25, 0.3) is 0 Å². The third-order valence-corrected chi connectivity index (χ3v) is 10.7. The zero-order valence-corrected chi connectivity index (χ0v) is 32.1. The maximum Gasteiger partial charge on any atom is 0.225 e. The largest absolute Gasteiger partial charge is 0.285 e. The number of hydrogen-bond acceptors (Lipinski definition) is 2. The van der Waals surface area contributed by atoms with E-state index in [0.717, 1.165) is 10.6 Å². The summed E-state index contributed by atoms with van der Waals surface area (Å²) in [5.74, 6) is 0. The summed E-state index contributed by atoms with van der Waals surface area (Å²) in [7, 11) is -0.382. The summed E-state index contributed by atoms with van der Waals surface area (Å²) in [6, 6.07) is 9.16. The van der Waals surface area contributed by atoms with Crippen molar-refractivity contribution in [3.8, 4) is 0 Å². The molecule has 0 saturated heterocycles. The fourth-order valence-electron chi connectivity index (χ4n) is 5.13. The monoisotopic (exact) mass is 610 g/mol. The van der Waals surface area contributed by atoms with Gasteiger partial charge < -0.3 is 0 Å². The summed E-state index contributed by atoms with van der Waals surface area (Å²) in [6.07, 6.45) is 0. The van der Waals surface area contributed by atoms with Crippen molar-refractivity contribution in [1.29, 1.82) is 0 Å². The Morgan fingerprint density at radius 2 is 0.571 bits per heavy atom. The Hall–Kier alpha value is -1.36. The number of hydrogen-bond donors (Lipinski definition) is 0. The Bertz CT molecular complexity index is 1160. The van der Waals surface area contributed by atoms with Crippen molar-refractivity contribution in [3.05, 3.63) is 57.6 Å². The Kier molecular flexibility index (Phi) is 10.4. The van der Waals surface area contributed by atoms with Crippen LogP contribution in [-0.4, -0.2) is 11.0 Å². The Morgan fingerprint density at radius 3 is 0.714 bits per heavy atom. The second-order valence-electron chi connectivity index (χ2n) is 18.3. The van der Waals surface area contributed by atoms with Crippen LogP contribution >= 0.6 is 17.2 Å². The first-order chi connectivity index (χ1) is 18.5. The molecule has 0 fully saturated rings. The van der Waals surface area contributed by atoms with Crippen LogP contribution < -0.4 is 10.6 Å². The predicted octanol–water partition coefficient (Wildman–Crippen LogP) is 9.83. The molecule has 0 amide bonds. The number of rotatable bonds is 5. The van der Waals surface area contributed by atoms with Crippen molar-refractivity contribution < 1.29 is 9.59 Å². The van der Waals surface area contributed by atoms with Crippen LogP contribution in [0.25, 0.3) is 0 Å². The minimum Gasteiger partial charge on any atom is -0.285 e. The van der Waals surface area contributed by atoms with Crippen LogP contribution in [0.2, 0.25) is 0 Å². The summed E-state index contributed by atoms with van der Waals surface area (Å²) < 4.78 is 0. The molecule has 2 aromatic rings. The lowest BCUT2D eigenvalue weighted by molar-refractivity contribution is -0.126. The first-order valence-electron chi connectivity index (χ1n) is 15.5. The van der Waals surface area contributed by atoms with Crippen LogP contribution in [0, 0.1) is 0 Å². The van der Waals surface area contributed by atoms with E-state index in [9.17, 15) is 9.59 Å². The van der Waals surface area contributed by atoms with Gasteiger partial charge in [0, 0.05) is 0 Å². The predicted molar refractivity (Wildman–Crippen MR) is 191 cm³/mol. The van der Waals surface area contributed by atoms with Crippen LogP contribution in [-0.2, 0) is 42.1 Å². The molecule has 42 heavy (non-hydrogen) atoms. The highest BCUT2D eigenvalue weighted by Crippen LogP contribution is 2.40. The Morgan fingerprint density at radius 1 is 0.381 bits per heavy atom. The summed E-state index contributed by atoms with van der Waals surface area (Å²) in [6.45, 7) is 40.0. The maximum absolute atomic E-state index is 14.0. The average molecular weight is 611 g/mol. The number of benzene rings is 2. The molecule has 0 heterocycles. The van der Waals surface area contributed by atoms with Gasteiger partial charge in [-0.3, -0.25) is 9.59 Å². The van der Waals surface area contributed by atoms with Crippen LogP contribution in [0.3, 0.4) is 0 Å². The van der Waals surface area contributed by atoms with E-state index in [-0.39, 0.29) is 60.7 Å². The molecule has 0 bridgehead atoms. The van der Waals surface area contributed by atoms with Crippen molar-refractivity contribution in [1.82, 2.24) is 0 Å². The molecule has 0 radical (unpaired) electrons. The van der Waals surface area contributed by atoms with Gasteiger partial charge in [0.05, 0.1) is 0 Å². The van der Waals surface area contributed by atoms with E-state index in [1.54, 1.807) is 0 Å². The molecular formula is C38H60O2P2. The van der Waals surface area contributed by atoms with Crippen molar-refractivity contribution in [2.75, 3.05) is 0 Å². The lowest BCUT2D eigenvalue weighted by atomic mass is 9.75. The van der Waals surface area contributed by atoms with Gasteiger partial charge in [-0.25, -0.2) is 0 Å². The van der Waals surface area contributed by atoms with Gasteiger partial charge in [-0.2, -0.15) is 0 Å². The molecular weight excluding hydrogens is 550 g/mol. The lowest BCUT2D eigenvalue weighted by Gasteiger charge is -2.34. The molecule has 2 unspecified atom stereocenters. The second kappa shape index (κ2) is 11.9. The molecule has 0 aromatic heterocycles. The van der Waals surface area contributed by atoms with Crippen molar-refractivity contribution >= 4 is 38.8 Å². The van der Waals surface area contributed by atoms with E-state index in [4.69, 9.17) is 0 Å². The topological polar surface area (TPSA) is 34.1 Å². The van der Waals surface area contributed by atoms with E-state index in [0.29, 0.717) is 0 Å². The maximum atomic E-state index is 14.0. The van der Waals surface area contributed by atoms with Gasteiger partial charge in [-0.15, -0.1) is 0 Å². The van der Waals surface area contributed by atoms with Crippen molar-refractivity contribution in [2.24, 2.45) is 0 Å². The minimum absolute atomic E-state index is 0.0191. The molecule has 0 saturated carbocycles. The molecule has 0 aliphatic carbocycles. The molecule has 0 N–H and O–H groups in total. The van der Waals surface area contributed by atoms with Crippen LogP contribution in [0.15, 0.2) is 24.3 Å².